The Morgan fingerprint density at radius 3 is 2.81 bits per heavy atom. The number of likely N-dealkylation sites (N-methyl/N-ethyl adjacent to an activating group) is 1. The van der Waals surface area contributed by atoms with Crippen molar-refractivity contribution in [1.82, 2.24) is 5.32 Å². The van der Waals surface area contributed by atoms with Gasteiger partial charge in [0.25, 0.3) is 0 Å². The van der Waals surface area contributed by atoms with Gasteiger partial charge in [-0.05, 0) is 43.5 Å². The molecule has 1 fully saturated rings. The highest BCUT2D eigenvalue weighted by Crippen LogP contribution is 2.48. The lowest BCUT2D eigenvalue weighted by Gasteiger charge is -2.49. The lowest BCUT2D eigenvalue weighted by Crippen LogP contribution is -2.49. The van der Waals surface area contributed by atoms with Gasteiger partial charge < -0.3 is 10.1 Å². The number of methoxy groups -OCH3 is 1. The number of rotatable bonds is 4. The summed E-state index contributed by atoms with van der Waals surface area (Å²) >= 11 is 0. The molecule has 2 nitrogen and oxygen atoms in total. The van der Waals surface area contributed by atoms with Crippen molar-refractivity contribution in [2.75, 3.05) is 20.7 Å². The van der Waals surface area contributed by atoms with Crippen LogP contribution in [-0.2, 0) is 5.41 Å². The van der Waals surface area contributed by atoms with Crippen molar-refractivity contribution in [2.45, 2.75) is 25.2 Å². The summed E-state index contributed by atoms with van der Waals surface area (Å²) in [6.07, 6.45) is 2.61. The summed E-state index contributed by atoms with van der Waals surface area (Å²) in [4.78, 5) is 0. The molecular weight excluding hydrogens is 198 g/mol. The van der Waals surface area contributed by atoms with Gasteiger partial charge in [0.2, 0.25) is 0 Å². The molecule has 2 atom stereocenters. The monoisotopic (exact) mass is 219 g/mol. The molecule has 0 bridgehead atoms. The molecule has 1 aromatic carbocycles. The van der Waals surface area contributed by atoms with Gasteiger partial charge in [0.05, 0.1) is 7.11 Å². The van der Waals surface area contributed by atoms with Crippen LogP contribution in [-0.4, -0.2) is 20.7 Å². The summed E-state index contributed by atoms with van der Waals surface area (Å²) in [7, 11) is 3.76. The summed E-state index contributed by atoms with van der Waals surface area (Å²) in [6.45, 7) is 3.40. The van der Waals surface area contributed by atoms with Gasteiger partial charge in [-0.2, -0.15) is 0 Å². The van der Waals surface area contributed by atoms with Gasteiger partial charge in [-0.3, -0.25) is 0 Å². The molecule has 2 heteroatoms. The van der Waals surface area contributed by atoms with Crippen LogP contribution in [0.3, 0.4) is 0 Å². The minimum absolute atomic E-state index is 0.323. The number of nitrogens with one attached hydrogen (secondary N) is 1. The number of hydrogen-bond donors (Lipinski definition) is 1. The fourth-order valence-corrected chi connectivity index (χ4v) is 2.82. The van der Waals surface area contributed by atoms with Crippen molar-refractivity contribution in [1.29, 1.82) is 0 Å². The van der Waals surface area contributed by atoms with Crippen LogP contribution in [0.2, 0.25) is 0 Å². The van der Waals surface area contributed by atoms with Gasteiger partial charge in [-0.25, -0.2) is 0 Å². The fourth-order valence-electron chi connectivity index (χ4n) is 2.82. The van der Waals surface area contributed by atoms with E-state index in [0.717, 1.165) is 18.2 Å². The maximum absolute atomic E-state index is 5.31. The standard InChI is InChI=1S/C14H21NO/c1-11-7-8-14(11,10-15-2)12-5-4-6-13(9-12)16-3/h4-6,9,11,15H,7-8,10H2,1-3H3. The number of benzene rings is 1. The molecule has 1 aliphatic carbocycles. The van der Waals surface area contributed by atoms with Gasteiger partial charge in [0, 0.05) is 12.0 Å². The van der Waals surface area contributed by atoms with Crippen LogP contribution in [0, 0.1) is 5.92 Å². The van der Waals surface area contributed by atoms with E-state index in [1.165, 1.54) is 18.4 Å². The Morgan fingerprint density at radius 1 is 1.50 bits per heavy atom. The Bertz CT molecular complexity index is 364. The summed E-state index contributed by atoms with van der Waals surface area (Å²) < 4.78 is 5.31. The highest BCUT2D eigenvalue weighted by atomic mass is 16.5. The van der Waals surface area contributed by atoms with Gasteiger partial charge in [0.1, 0.15) is 5.75 Å². The van der Waals surface area contributed by atoms with E-state index in [-0.39, 0.29) is 0 Å². The van der Waals surface area contributed by atoms with Gasteiger partial charge >= 0.3 is 0 Å². The fraction of sp³-hybridized carbons (Fsp3) is 0.571. The van der Waals surface area contributed by atoms with Crippen LogP contribution in [0.15, 0.2) is 24.3 Å². The molecule has 0 heterocycles. The van der Waals surface area contributed by atoms with E-state index < -0.39 is 0 Å². The Kier molecular flexibility index (Phi) is 3.20. The summed E-state index contributed by atoms with van der Waals surface area (Å²) in [6, 6.07) is 8.53. The van der Waals surface area contributed by atoms with Crippen molar-refractivity contribution < 1.29 is 4.74 Å². The topological polar surface area (TPSA) is 21.3 Å². The first kappa shape index (κ1) is 11.5. The molecule has 1 aliphatic rings. The van der Waals surface area contributed by atoms with Crippen molar-refractivity contribution in [3.8, 4) is 5.75 Å². The Morgan fingerprint density at radius 2 is 2.31 bits per heavy atom. The van der Waals surface area contributed by atoms with Crippen LogP contribution in [0.5, 0.6) is 5.75 Å². The zero-order valence-corrected chi connectivity index (χ0v) is 10.4. The average molecular weight is 219 g/mol. The van der Waals surface area contributed by atoms with E-state index in [1.54, 1.807) is 7.11 Å². The minimum atomic E-state index is 0.323. The van der Waals surface area contributed by atoms with E-state index in [4.69, 9.17) is 4.74 Å². The van der Waals surface area contributed by atoms with Crippen LogP contribution >= 0.6 is 0 Å². The molecule has 1 N–H and O–H groups in total. The van der Waals surface area contributed by atoms with Gasteiger partial charge in [0.15, 0.2) is 0 Å². The summed E-state index contributed by atoms with van der Waals surface area (Å²) in [5, 5.41) is 3.34. The first-order valence-electron chi connectivity index (χ1n) is 6.02. The van der Waals surface area contributed by atoms with E-state index >= 15 is 0 Å². The molecule has 0 spiro atoms. The molecule has 88 valence electrons. The second-order valence-electron chi connectivity index (χ2n) is 4.86. The van der Waals surface area contributed by atoms with Crippen LogP contribution in [0.1, 0.15) is 25.3 Å². The Balaban J connectivity index is 2.32. The first-order valence-corrected chi connectivity index (χ1v) is 6.02. The van der Waals surface area contributed by atoms with Crippen molar-refractivity contribution in [3.63, 3.8) is 0 Å². The second kappa shape index (κ2) is 4.46. The maximum atomic E-state index is 5.31. The summed E-state index contributed by atoms with van der Waals surface area (Å²) in [5.74, 6) is 1.72. The SMILES string of the molecule is CNCC1(c2cccc(OC)c2)CCC1C. The lowest BCUT2D eigenvalue weighted by atomic mass is 9.57. The molecule has 1 aromatic rings. The normalized spacial score (nSPS) is 28.6. The highest BCUT2D eigenvalue weighted by molar-refractivity contribution is 5.36. The Labute approximate surface area is 98.0 Å². The molecule has 0 aromatic heterocycles. The molecule has 2 unspecified atom stereocenters. The van der Waals surface area contributed by atoms with Gasteiger partial charge in [-0.1, -0.05) is 19.1 Å². The maximum Gasteiger partial charge on any atom is 0.119 e. The third-order valence-electron chi connectivity index (χ3n) is 4.10. The van der Waals surface area contributed by atoms with Crippen molar-refractivity contribution >= 4 is 0 Å². The molecule has 1 saturated carbocycles. The molecule has 2 rings (SSSR count). The van der Waals surface area contributed by atoms with E-state index in [0.29, 0.717) is 5.41 Å². The third kappa shape index (κ3) is 1.71. The van der Waals surface area contributed by atoms with Crippen molar-refractivity contribution in [2.24, 2.45) is 5.92 Å². The number of ether oxygens (including phenoxy) is 1. The van der Waals surface area contributed by atoms with Crippen LogP contribution < -0.4 is 10.1 Å². The molecule has 0 radical (unpaired) electrons. The predicted octanol–water partition coefficient (Wildman–Crippen LogP) is 2.58. The highest BCUT2D eigenvalue weighted by Gasteiger charge is 2.44. The van der Waals surface area contributed by atoms with Crippen LogP contribution in [0.4, 0.5) is 0 Å². The zero-order valence-electron chi connectivity index (χ0n) is 10.4. The molecule has 16 heavy (non-hydrogen) atoms. The van der Waals surface area contributed by atoms with Crippen molar-refractivity contribution in [3.05, 3.63) is 29.8 Å². The first-order chi connectivity index (χ1) is 7.73. The average Bonchev–Trinajstić information content (AvgIpc) is 2.34. The molecule has 0 amide bonds. The smallest absolute Gasteiger partial charge is 0.119 e. The van der Waals surface area contributed by atoms with E-state index in [2.05, 4.69) is 30.4 Å². The minimum Gasteiger partial charge on any atom is -0.497 e. The molecule has 0 saturated heterocycles. The second-order valence-corrected chi connectivity index (χ2v) is 4.86. The van der Waals surface area contributed by atoms with E-state index in [1.807, 2.05) is 13.1 Å². The van der Waals surface area contributed by atoms with E-state index in [9.17, 15) is 0 Å². The zero-order chi connectivity index (χ0) is 11.6. The largest absolute Gasteiger partial charge is 0.497 e. The number of hydrogen-bond acceptors (Lipinski definition) is 2. The summed E-state index contributed by atoms with van der Waals surface area (Å²) in [5.41, 5.74) is 1.74. The van der Waals surface area contributed by atoms with Gasteiger partial charge in [-0.15, -0.1) is 0 Å². The Hall–Kier alpha value is -1.02. The van der Waals surface area contributed by atoms with Crippen LogP contribution in [0.25, 0.3) is 0 Å². The third-order valence-corrected chi connectivity index (χ3v) is 4.10. The molecular formula is C14H21NO. The lowest BCUT2D eigenvalue weighted by molar-refractivity contribution is 0.136. The quantitative estimate of drug-likeness (QED) is 0.840. The predicted molar refractivity (Wildman–Crippen MR) is 67.0 cm³/mol. The molecule has 0 aliphatic heterocycles.